The van der Waals surface area contributed by atoms with Crippen LogP contribution in [0.3, 0.4) is 0 Å². The Labute approximate surface area is 144 Å². The molecule has 0 radical (unpaired) electrons. The first-order chi connectivity index (χ1) is 11.0. The van der Waals surface area contributed by atoms with Crippen molar-refractivity contribution in [1.82, 2.24) is 10.6 Å². The number of halogens is 1. The maximum atomic E-state index is 12.0. The van der Waals surface area contributed by atoms with Crippen LogP contribution in [0.15, 0.2) is 59.1 Å². The van der Waals surface area contributed by atoms with E-state index in [2.05, 4.69) is 26.6 Å². The molecule has 2 rings (SSSR count). The molecule has 0 aliphatic heterocycles. The van der Waals surface area contributed by atoms with Crippen LogP contribution in [0.5, 0.6) is 0 Å². The van der Waals surface area contributed by atoms with E-state index < -0.39 is 0 Å². The lowest BCUT2D eigenvalue weighted by molar-refractivity contribution is -0.121. The molecule has 5 heteroatoms. The molecule has 23 heavy (non-hydrogen) atoms. The van der Waals surface area contributed by atoms with Crippen LogP contribution in [-0.2, 0) is 11.3 Å². The first kappa shape index (κ1) is 17.2. The smallest absolute Gasteiger partial charge is 0.251 e. The van der Waals surface area contributed by atoms with Crippen LogP contribution < -0.4 is 10.6 Å². The predicted octanol–water partition coefficient (Wildman–Crippen LogP) is 3.27. The van der Waals surface area contributed by atoms with Gasteiger partial charge in [0.1, 0.15) is 0 Å². The van der Waals surface area contributed by atoms with Crippen LogP contribution in [0.1, 0.15) is 29.3 Å². The van der Waals surface area contributed by atoms with Gasteiger partial charge in [0, 0.05) is 29.0 Å². The Hall–Kier alpha value is -2.14. The SMILES string of the molecule is CC(CC(=O)NCc1cccc(Br)c1)NC(=O)c1ccccc1. The third-order valence-electron chi connectivity index (χ3n) is 3.28. The van der Waals surface area contributed by atoms with Gasteiger partial charge in [-0.25, -0.2) is 0 Å². The lowest BCUT2D eigenvalue weighted by Crippen LogP contribution is -2.37. The van der Waals surface area contributed by atoms with Gasteiger partial charge in [0.25, 0.3) is 5.91 Å². The van der Waals surface area contributed by atoms with Crippen molar-refractivity contribution >= 4 is 27.7 Å². The summed E-state index contributed by atoms with van der Waals surface area (Å²) in [6.07, 6.45) is 0.243. The van der Waals surface area contributed by atoms with Crippen molar-refractivity contribution in [1.29, 1.82) is 0 Å². The van der Waals surface area contributed by atoms with Gasteiger partial charge in [-0.05, 0) is 36.8 Å². The third-order valence-corrected chi connectivity index (χ3v) is 3.78. The molecule has 0 bridgehead atoms. The number of hydrogen-bond acceptors (Lipinski definition) is 2. The van der Waals surface area contributed by atoms with Crippen LogP contribution >= 0.6 is 15.9 Å². The predicted molar refractivity (Wildman–Crippen MR) is 94.0 cm³/mol. The van der Waals surface area contributed by atoms with Gasteiger partial charge in [-0.2, -0.15) is 0 Å². The van der Waals surface area contributed by atoms with E-state index >= 15 is 0 Å². The Kier molecular flexibility index (Phi) is 6.35. The fraction of sp³-hybridized carbons (Fsp3) is 0.222. The average molecular weight is 375 g/mol. The first-order valence-electron chi connectivity index (χ1n) is 7.41. The fourth-order valence-electron chi connectivity index (χ4n) is 2.15. The lowest BCUT2D eigenvalue weighted by atomic mass is 10.1. The molecular formula is C18H19BrN2O2. The molecule has 0 saturated carbocycles. The van der Waals surface area contributed by atoms with Crippen LogP contribution in [0.4, 0.5) is 0 Å². The number of carbonyl (C=O) groups is 2. The summed E-state index contributed by atoms with van der Waals surface area (Å²) < 4.78 is 0.979. The van der Waals surface area contributed by atoms with E-state index in [9.17, 15) is 9.59 Å². The zero-order valence-corrected chi connectivity index (χ0v) is 14.5. The van der Waals surface area contributed by atoms with E-state index in [1.807, 2.05) is 49.4 Å². The minimum atomic E-state index is -0.231. The third kappa shape index (κ3) is 5.87. The molecule has 2 aromatic rings. The van der Waals surface area contributed by atoms with Crippen molar-refractivity contribution in [3.05, 3.63) is 70.2 Å². The molecule has 2 aromatic carbocycles. The lowest BCUT2D eigenvalue weighted by Gasteiger charge is -2.14. The average Bonchev–Trinajstić information content (AvgIpc) is 2.53. The highest BCUT2D eigenvalue weighted by Crippen LogP contribution is 2.11. The normalized spacial score (nSPS) is 11.6. The van der Waals surface area contributed by atoms with Crippen molar-refractivity contribution in [3.63, 3.8) is 0 Å². The van der Waals surface area contributed by atoms with Crippen LogP contribution in [-0.4, -0.2) is 17.9 Å². The minimum absolute atomic E-state index is 0.0918. The second kappa shape index (κ2) is 8.48. The summed E-state index contributed by atoms with van der Waals surface area (Å²) in [5, 5.41) is 5.69. The molecule has 0 saturated heterocycles. The highest BCUT2D eigenvalue weighted by Gasteiger charge is 2.12. The van der Waals surface area contributed by atoms with E-state index in [0.29, 0.717) is 12.1 Å². The molecule has 2 amide bonds. The monoisotopic (exact) mass is 374 g/mol. The van der Waals surface area contributed by atoms with E-state index in [1.54, 1.807) is 12.1 Å². The van der Waals surface area contributed by atoms with Crippen LogP contribution in [0.25, 0.3) is 0 Å². The molecule has 0 aliphatic carbocycles. The van der Waals surface area contributed by atoms with Gasteiger partial charge in [0.15, 0.2) is 0 Å². The Morgan fingerprint density at radius 3 is 2.52 bits per heavy atom. The molecule has 0 aliphatic rings. The van der Waals surface area contributed by atoms with Crippen molar-refractivity contribution in [2.75, 3.05) is 0 Å². The second-order valence-electron chi connectivity index (χ2n) is 5.35. The van der Waals surface area contributed by atoms with Gasteiger partial charge in [0.05, 0.1) is 0 Å². The molecule has 0 heterocycles. The van der Waals surface area contributed by atoms with Crippen molar-refractivity contribution in [2.24, 2.45) is 0 Å². The van der Waals surface area contributed by atoms with Crippen molar-refractivity contribution in [3.8, 4) is 0 Å². The molecule has 120 valence electrons. The summed E-state index contributed by atoms with van der Waals surface area (Å²) in [5.74, 6) is -0.260. The Bertz CT molecular complexity index is 674. The van der Waals surface area contributed by atoms with Gasteiger partial charge in [0.2, 0.25) is 5.91 Å². The molecule has 2 N–H and O–H groups in total. The summed E-state index contributed by atoms with van der Waals surface area (Å²) in [6.45, 7) is 2.29. The summed E-state index contributed by atoms with van der Waals surface area (Å²) >= 11 is 3.40. The topological polar surface area (TPSA) is 58.2 Å². The second-order valence-corrected chi connectivity index (χ2v) is 6.27. The Balaban J connectivity index is 1.77. The highest BCUT2D eigenvalue weighted by molar-refractivity contribution is 9.10. The largest absolute Gasteiger partial charge is 0.352 e. The highest BCUT2D eigenvalue weighted by atomic mass is 79.9. The number of carbonyl (C=O) groups excluding carboxylic acids is 2. The van der Waals surface area contributed by atoms with E-state index in [-0.39, 0.29) is 24.3 Å². The zero-order valence-electron chi connectivity index (χ0n) is 12.9. The molecule has 1 atom stereocenters. The van der Waals surface area contributed by atoms with E-state index in [1.165, 1.54) is 0 Å². The fourth-order valence-corrected chi connectivity index (χ4v) is 2.59. The molecule has 1 unspecified atom stereocenters. The van der Waals surface area contributed by atoms with E-state index in [0.717, 1.165) is 10.0 Å². The molecule has 0 aromatic heterocycles. The van der Waals surface area contributed by atoms with Crippen molar-refractivity contribution < 1.29 is 9.59 Å². The summed E-state index contributed by atoms with van der Waals surface area (Å²) in [4.78, 5) is 24.0. The zero-order chi connectivity index (χ0) is 16.7. The molecule has 0 fully saturated rings. The molecule has 0 spiro atoms. The van der Waals surface area contributed by atoms with E-state index in [4.69, 9.17) is 0 Å². The summed E-state index contributed by atoms with van der Waals surface area (Å²) in [5.41, 5.74) is 1.61. The van der Waals surface area contributed by atoms with Gasteiger partial charge in [-0.15, -0.1) is 0 Å². The number of rotatable bonds is 6. The number of amides is 2. The maximum Gasteiger partial charge on any atom is 0.251 e. The Morgan fingerprint density at radius 1 is 1.09 bits per heavy atom. The van der Waals surface area contributed by atoms with Crippen LogP contribution in [0.2, 0.25) is 0 Å². The Morgan fingerprint density at radius 2 is 1.83 bits per heavy atom. The number of nitrogens with one attached hydrogen (secondary N) is 2. The quantitative estimate of drug-likeness (QED) is 0.814. The standard InChI is InChI=1S/C18H19BrN2O2/c1-13(21-18(23)15-7-3-2-4-8-15)10-17(22)20-12-14-6-5-9-16(19)11-14/h2-9,11,13H,10,12H2,1H3,(H,20,22)(H,21,23). The van der Waals surface area contributed by atoms with Crippen LogP contribution in [0, 0.1) is 0 Å². The number of benzene rings is 2. The summed E-state index contributed by atoms with van der Waals surface area (Å²) in [6, 6.07) is 16.5. The van der Waals surface area contributed by atoms with Gasteiger partial charge in [-0.1, -0.05) is 46.3 Å². The molecular weight excluding hydrogens is 356 g/mol. The van der Waals surface area contributed by atoms with Gasteiger partial charge >= 0.3 is 0 Å². The maximum absolute atomic E-state index is 12.0. The summed E-state index contributed by atoms with van der Waals surface area (Å²) in [7, 11) is 0. The molecule has 4 nitrogen and oxygen atoms in total. The minimum Gasteiger partial charge on any atom is -0.352 e. The van der Waals surface area contributed by atoms with Gasteiger partial charge < -0.3 is 10.6 Å². The number of hydrogen-bond donors (Lipinski definition) is 2. The van der Waals surface area contributed by atoms with Crippen molar-refractivity contribution in [2.45, 2.75) is 25.9 Å². The first-order valence-corrected chi connectivity index (χ1v) is 8.21. The van der Waals surface area contributed by atoms with Gasteiger partial charge in [-0.3, -0.25) is 9.59 Å².